The molecular weight excluding hydrogens is 232 g/mol. The van der Waals surface area contributed by atoms with Gasteiger partial charge in [0.15, 0.2) is 0 Å². The van der Waals surface area contributed by atoms with Crippen LogP contribution in [0.15, 0.2) is 24.3 Å². The first-order valence-corrected chi connectivity index (χ1v) is 5.71. The molecule has 0 atom stereocenters. The van der Waals surface area contributed by atoms with Crippen molar-refractivity contribution in [3.63, 3.8) is 0 Å². The van der Waals surface area contributed by atoms with Crippen molar-refractivity contribution in [3.05, 3.63) is 35.4 Å². The summed E-state index contributed by atoms with van der Waals surface area (Å²) in [6, 6.07) is 7.34. The van der Waals surface area contributed by atoms with Crippen LogP contribution in [0.4, 0.5) is 0 Å². The molecule has 1 aromatic rings. The van der Waals surface area contributed by atoms with Crippen LogP contribution in [0.1, 0.15) is 36.7 Å². The van der Waals surface area contributed by atoms with Gasteiger partial charge in [-0.1, -0.05) is 32.0 Å². The van der Waals surface area contributed by atoms with Crippen molar-refractivity contribution < 1.29 is 19.1 Å². The molecule has 1 aromatic carbocycles. The Morgan fingerprint density at radius 1 is 1.00 bits per heavy atom. The van der Waals surface area contributed by atoms with Gasteiger partial charge in [0.05, 0.1) is 19.8 Å². The summed E-state index contributed by atoms with van der Waals surface area (Å²) in [5, 5.41) is 0. The maximum atomic E-state index is 11.0. The van der Waals surface area contributed by atoms with Gasteiger partial charge in [-0.15, -0.1) is 0 Å². The number of ether oxygens (including phenoxy) is 2. The van der Waals surface area contributed by atoms with Gasteiger partial charge >= 0.3 is 11.9 Å². The number of hydrogen-bond donors (Lipinski definition) is 0. The lowest BCUT2D eigenvalue weighted by Crippen LogP contribution is -2.02. The second kappa shape index (κ2) is 11.6. The maximum absolute atomic E-state index is 11.0. The molecule has 0 spiro atoms. The van der Waals surface area contributed by atoms with Crippen LogP contribution in [0.3, 0.4) is 0 Å². The van der Waals surface area contributed by atoms with Gasteiger partial charge in [-0.25, -0.2) is 4.79 Å². The molecule has 0 heterocycles. The second-order valence-electron chi connectivity index (χ2n) is 3.00. The van der Waals surface area contributed by atoms with Gasteiger partial charge in [0.25, 0.3) is 0 Å². The summed E-state index contributed by atoms with van der Waals surface area (Å²) in [5.41, 5.74) is 1.58. The average molecular weight is 254 g/mol. The van der Waals surface area contributed by atoms with E-state index in [2.05, 4.69) is 9.47 Å². The van der Waals surface area contributed by atoms with E-state index < -0.39 is 0 Å². The third-order valence-corrected chi connectivity index (χ3v) is 1.84. The summed E-state index contributed by atoms with van der Waals surface area (Å²) in [6.07, 6.45) is 0. The summed E-state index contributed by atoms with van der Waals surface area (Å²) in [6.45, 7) is 7.24. The molecule has 0 aliphatic rings. The minimum absolute atomic E-state index is 0.245. The van der Waals surface area contributed by atoms with E-state index >= 15 is 0 Å². The van der Waals surface area contributed by atoms with Crippen molar-refractivity contribution in [2.75, 3.05) is 14.2 Å². The minimum Gasteiger partial charge on any atom is -0.469 e. The van der Waals surface area contributed by atoms with E-state index in [1.165, 1.54) is 21.1 Å². The topological polar surface area (TPSA) is 52.6 Å². The zero-order valence-electron chi connectivity index (χ0n) is 11.9. The molecule has 0 fully saturated rings. The largest absolute Gasteiger partial charge is 0.469 e. The fraction of sp³-hybridized carbons (Fsp3) is 0.429. The molecule has 0 amide bonds. The molecule has 0 saturated carbocycles. The number of aryl methyl sites for hydroxylation is 1. The van der Waals surface area contributed by atoms with Crippen molar-refractivity contribution in [1.82, 2.24) is 0 Å². The molecule has 102 valence electrons. The molecule has 0 unspecified atom stereocenters. The van der Waals surface area contributed by atoms with E-state index in [9.17, 15) is 9.59 Å². The van der Waals surface area contributed by atoms with Crippen LogP contribution in [0, 0.1) is 6.92 Å². The Bertz CT molecular complexity index is 359. The molecule has 0 aliphatic carbocycles. The Hall–Kier alpha value is -1.84. The lowest BCUT2D eigenvalue weighted by molar-refractivity contribution is -0.137. The number of carbonyl (C=O) groups excluding carboxylic acids is 2. The van der Waals surface area contributed by atoms with Gasteiger partial charge in [-0.2, -0.15) is 0 Å². The van der Waals surface area contributed by atoms with Crippen LogP contribution in [0.5, 0.6) is 0 Å². The summed E-state index contributed by atoms with van der Waals surface area (Å²) < 4.78 is 8.69. The number of methoxy groups -OCH3 is 2. The Balaban J connectivity index is 0. The van der Waals surface area contributed by atoms with Crippen molar-refractivity contribution in [2.24, 2.45) is 0 Å². The molecule has 18 heavy (non-hydrogen) atoms. The summed E-state index contributed by atoms with van der Waals surface area (Å²) in [5.74, 6) is -0.520. The third-order valence-electron chi connectivity index (χ3n) is 1.84. The lowest BCUT2D eigenvalue weighted by Gasteiger charge is -2.00. The molecule has 0 aromatic heterocycles. The zero-order chi connectivity index (χ0) is 14.6. The standard InChI is InChI=1S/C9H10O2.C3H6O2.C2H6/c1-7-5-3-4-6-8(7)9(10)11-2;1-3(4)5-2;1-2/h3-6H,1-2H3;1-2H3;1-2H3. The van der Waals surface area contributed by atoms with Crippen LogP contribution in [-0.4, -0.2) is 26.2 Å². The molecule has 0 aliphatic heterocycles. The summed E-state index contributed by atoms with van der Waals surface area (Å²) in [7, 11) is 2.73. The second-order valence-corrected chi connectivity index (χ2v) is 3.00. The molecule has 4 nitrogen and oxygen atoms in total. The van der Waals surface area contributed by atoms with Gasteiger partial charge in [0, 0.05) is 6.92 Å². The monoisotopic (exact) mass is 254 g/mol. The highest BCUT2D eigenvalue weighted by atomic mass is 16.5. The maximum Gasteiger partial charge on any atom is 0.338 e. The Morgan fingerprint density at radius 3 is 1.78 bits per heavy atom. The quantitative estimate of drug-likeness (QED) is 0.723. The number of esters is 2. The van der Waals surface area contributed by atoms with Crippen LogP contribution >= 0.6 is 0 Å². The zero-order valence-corrected chi connectivity index (χ0v) is 11.9. The fourth-order valence-electron chi connectivity index (χ4n) is 0.912. The highest BCUT2D eigenvalue weighted by Gasteiger charge is 2.05. The number of hydrogen-bond acceptors (Lipinski definition) is 4. The third kappa shape index (κ3) is 8.33. The van der Waals surface area contributed by atoms with E-state index in [0.717, 1.165) is 5.56 Å². The lowest BCUT2D eigenvalue weighted by atomic mass is 10.1. The molecule has 4 heteroatoms. The smallest absolute Gasteiger partial charge is 0.338 e. The Kier molecular flexibility index (Phi) is 12.0. The first-order chi connectivity index (χ1) is 8.52. The first kappa shape index (κ1) is 18.5. The van der Waals surface area contributed by atoms with Gasteiger partial charge in [0.1, 0.15) is 0 Å². The van der Waals surface area contributed by atoms with Crippen molar-refractivity contribution in [2.45, 2.75) is 27.7 Å². The summed E-state index contributed by atoms with van der Waals surface area (Å²) in [4.78, 5) is 20.6. The Morgan fingerprint density at radius 2 is 1.44 bits per heavy atom. The highest BCUT2D eigenvalue weighted by Crippen LogP contribution is 2.07. The number of rotatable bonds is 1. The minimum atomic E-state index is -0.275. The van der Waals surface area contributed by atoms with Gasteiger partial charge in [0.2, 0.25) is 0 Å². The predicted octanol–water partition coefficient (Wildman–Crippen LogP) is 2.99. The van der Waals surface area contributed by atoms with E-state index in [1.807, 2.05) is 39.0 Å². The van der Waals surface area contributed by atoms with E-state index in [-0.39, 0.29) is 11.9 Å². The van der Waals surface area contributed by atoms with Crippen molar-refractivity contribution >= 4 is 11.9 Å². The average Bonchev–Trinajstić information content (AvgIpc) is 2.41. The highest BCUT2D eigenvalue weighted by molar-refractivity contribution is 5.90. The van der Waals surface area contributed by atoms with Gasteiger partial charge in [-0.3, -0.25) is 4.79 Å². The van der Waals surface area contributed by atoms with Crippen molar-refractivity contribution in [1.29, 1.82) is 0 Å². The van der Waals surface area contributed by atoms with Crippen LogP contribution < -0.4 is 0 Å². The Labute approximate surface area is 109 Å². The summed E-state index contributed by atoms with van der Waals surface area (Å²) >= 11 is 0. The molecule has 0 radical (unpaired) electrons. The predicted molar refractivity (Wildman–Crippen MR) is 71.6 cm³/mol. The molecule has 1 rings (SSSR count). The van der Waals surface area contributed by atoms with Crippen LogP contribution in [0.2, 0.25) is 0 Å². The molecule has 0 N–H and O–H groups in total. The van der Waals surface area contributed by atoms with E-state index in [1.54, 1.807) is 6.07 Å². The first-order valence-electron chi connectivity index (χ1n) is 5.71. The van der Waals surface area contributed by atoms with Crippen molar-refractivity contribution in [3.8, 4) is 0 Å². The van der Waals surface area contributed by atoms with E-state index in [4.69, 9.17) is 0 Å². The van der Waals surface area contributed by atoms with Gasteiger partial charge in [-0.05, 0) is 18.6 Å². The van der Waals surface area contributed by atoms with Gasteiger partial charge < -0.3 is 9.47 Å². The molecule has 0 saturated heterocycles. The van der Waals surface area contributed by atoms with Crippen LogP contribution in [0.25, 0.3) is 0 Å². The molecule has 0 bridgehead atoms. The molecular formula is C14H22O4. The normalized spacial score (nSPS) is 7.89. The number of carbonyl (C=O) groups is 2. The van der Waals surface area contributed by atoms with Crippen LogP contribution in [-0.2, 0) is 14.3 Å². The SMILES string of the molecule is CC.COC(=O)c1ccccc1C.COC(C)=O. The number of benzene rings is 1. The van der Waals surface area contributed by atoms with E-state index in [0.29, 0.717) is 5.56 Å². The fourth-order valence-corrected chi connectivity index (χ4v) is 0.912.